The number of benzene rings is 2. The molecule has 0 atom stereocenters. The molecule has 1 aromatic heterocycles. The molecule has 0 bridgehead atoms. The van der Waals surface area contributed by atoms with Gasteiger partial charge in [-0.2, -0.15) is 4.39 Å². The van der Waals surface area contributed by atoms with Crippen molar-refractivity contribution in [2.24, 2.45) is 0 Å². The van der Waals surface area contributed by atoms with Crippen LogP contribution in [0.25, 0.3) is 0 Å². The van der Waals surface area contributed by atoms with Crippen molar-refractivity contribution in [2.75, 3.05) is 11.9 Å². The first-order chi connectivity index (χ1) is 14.3. The van der Waals surface area contributed by atoms with Gasteiger partial charge in [-0.3, -0.25) is 10.2 Å². The summed E-state index contributed by atoms with van der Waals surface area (Å²) in [6, 6.07) is 8.73. The van der Waals surface area contributed by atoms with Crippen molar-refractivity contribution in [1.29, 1.82) is 5.41 Å². The molecule has 2 aromatic carbocycles. The van der Waals surface area contributed by atoms with Crippen LogP contribution in [0.2, 0.25) is 0 Å². The monoisotopic (exact) mass is 416 g/mol. The van der Waals surface area contributed by atoms with Crippen molar-refractivity contribution < 1.29 is 17.9 Å². The molecule has 0 aliphatic heterocycles. The SMILES string of the molecule is CCOc1cc(F)c(CNc2ccccc2C(=N)c2nc(C)c(F)c(=O)[nH]2)c(F)c1. The van der Waals surface area contributed by atoms with E-state index in [1.54, 1.807) is 31.2 Å². The summed E-state index contributed by atoms with van der Waals surface area (Å²) in [6.07, 6.45) is 0. The largest absolute Gasteiger partial charge is 0.494 e. The Hall–Kier alpha value is -3.62. The topological polar surface area (TPSA) is 90.9 Å². The zero-order valence-corrected chi connectivity index (χ0v) is 16.3. The highest BCUT2D eigenvalue weighted by atomic mass is 19.1. The Morgan fingerprint density at radius 2 is 1.87 bits per heavy atom. The second kappa shape index (κ2) is 8.81. The fourth-order valence-electron chi connectivity index (χ4n) is 2.85. The summed E-state index contributed by atoms with van der Waals surface area (Å²) in [5.74, 6) is -2.57. The van der Waals surface area contributed by atoms with Gasteiger partial charge in [-0.05, 0) is 19.9 Å². The molecule has 3 rings (SSSR count). The minimum atomic E-state index is -1.01. The Morgan fingerprint density at radius 3 is 2.50 bits per heavy atom. The summed E-state index contributed by atoms with van der Waals surface area (Å²) in [6.45, 7) is 3.12. The van der Waals surface area contributed by atoms with E-state index in [4.69, 9.17) is 10.1 Å². The highest BCUT2D eigenvalue weighted by Gasteiger charge is 2.17. The van der Waals surface area contributed by atoms with Crippen LogP contribution in [-0.2, 0) is 6.54 Å². The van der Waals surface area contributed by atoms with Gasteiger partial charge in [0.1, 0.15) is 23.1 Å². The Labute approximate surface area is 170 Å². The second-order valence-corrected chi connectivity index (χ2v) is 6.39. The molecule has 0 saturated carbocycles. The first-order valence-electron chi connectivity index (χ1n) is 9.11. The first-order valence-corrected chi connectivity index (χ1v) is 9.11. The van der Waals surface area contributed by atoms with Crippen LogP contribution in [0.5, 0.6) is 5.75 Å². The molecule has 30 heavy (non-hydrogen) atoms. The van der Waals surface area contributed by atoms with Gasteiger partial charge in [0.15, 0.2) is 5.82 Å². The molecule has 6 nitrogen and oxygen atoms in total. The third-order valence-corrected chi connectivity index (χ3v) is 4.34. The molecule has 9 heteroatoms. The molecule has 0 aliphatic rings. The zero-order chi connectivity index (χ0) is 21.8. The number of anilines is 1. The van der Waals surface area contributed by atoms with E-state index >= 15 is 0 Å². The van der Waals surface area contributed by atoms with Crippen LogP contribution in [0.1, 0.15) is 29.6 Å². The average molecular weight is 416 g/mol. The molecule has 0 unspecified atom stereocenters. The number of aromatic nitrogens is 2. The molecular formula is C21H19F3N4O2. The lowest BCUT2D eigenvalue weighted by Gasteiger charge is -2.14. The van der Waals surface area contributed by atoms with E-state index in [2.05, 4.69) is 15.3 Å². The normalized spacial score (nSPS) is 10.7. The van der Waals surface area contributed by atoms with Gasteiger partial charge in [0, 0.05) is 35.5 Å². The standard InChI is InChI=1S/C21H19F3N4O2/c1-3-30-12-8-15(22)14(16(23)9-12)10-26-17-7-5-4-6-13(17)19(25)20-27-11(2)18(24)21(29)28-20/h4-9,25-26H,3,10H2,1-2H3,(H,27,28,29). The summed E-state index contributed by atoms with van der Waals surface area (Å²) in [5, 5.41) is 11.3. The predicted molar refractivity (Wildman–Crippen MR) is 107 cm³/mol. The summed E-state index contributed by atoms with van der Waals surface area (Å²) in [4.78, 5) is 17.8. The minimum Gasteiger partial charge on any atom is -0.494 e. The molecule has 0 saturated heterocycles. The highest BCUT2D eigenvalue weighted by Crippen LogP contribution is 2.23. The van der Waals surface area contributed by atoms with Crippen LogP contribution in [-0.4, -0.2) is 22.3 Å². The summed E-state index contributed by atoms with van der Waals surface area (Å²) >= 11 is 0. The number of rotatable bonds is 7. The maximum atomic E-state index is 14.3. The number of nitrogens with zero attached hydrogens (tertiary/aromatic N) is 1. The Bertz CT molecular complexity index is 1140. The van der Waals surface area contributed by atoms with Crippen LogP contribution in [0, 0.1) is 29.8 Å². The fourth-order valence-corrected chi connectivity index (χ4v) is 2.85. The molecule has 3 aromatic rings. The van der Waals surface area contributed by atoms with E-state index in [0.29, 0.717) is 11.3 Å². The second-order valence-electron chi connectivity index (χ2n) is 6.39. The van der Waals surface area contributed by atoms with E-state index in [9.17, 15) is 18.0 Å². The number of ether oxygens (including phenoxy) is 1. The molecular weight excluding hydrogens is 397 g/mol. The van der Waals surface area contributed by atoms with Gasteiger partial charge in [0.25, 0.3) is 5.56 Å². The van der Waals surface area contributed by atoms with E-state index in [-0.39, 0.29) is 41.7 Å². The van der Waals surface area contributed by atoms with Crippen LogP contribution in [0.3, 0.4) is 0 Å². The predicted octanol–water partition coefficient (Wildman–Crippen LogP) is 3.92. The fraction of sp³-hybridized carbons (Fsp3) is 0.190. The average Bonchev–Trinajstić information content (AvgIpc) is 2.71. The maximum absolute atomic E-state index is 14.3. The maximum Gasteiger partial charge on any atom is 0.287 e. The van der Waals surface area contributed by atoms with Crippen molar-refractivity contribution >= 4 is 11.4 Å². The number of nitrogens with one attached hydrogen (secondary N) is 3. The van der Waals surface area contributed by atoms with E-state index in [1.807, 2.05) is 0 Å². The Balaban J connectivity index is 1.88. The van der Waals surface area contributed by atoms with Crippen molar-refractivity contribution in [2.45, 2.75) is 20.4 Å². The van der Waals surface area contributed by atoms with Crippen LogP contribution < -0.4 is 15.6 Å². The van der Waals surface area contributed by atoms with Crippen LogP contribution >= 0.6 is 0 Å². The lowest BCUT2D eigenvalue weighted by atomic mass is 10.1. The van der Waals surface area contributed by atoms with Gasteiger partial charge in [-0.15, -0.1) is 0 Å². The Kier molecular flexibility index (Phi) is 6.20. The minimum absolute atomic E-state index is 0.0973. The van der Waals surface area contributed by atoms with Gasteiger partial charge in [0.2, 0.25) is 5.82 Å². The van der Waals surface area contributed by atoms with Gasteiger partial charge in [0.05, 0.1) is 12.3 Å². The van der Waals surface area contributed by atoms with Gasteiger partial charge >= 0.3 is 0 Å². The number of halogens is 3. The smallest absolute Gasteiger partial charge is 0.287 e. The summed E-state index contributed by atoms with van der Waals surface area (Å²) in [7, 11) is 0. The van der Waals surface area contributed by atoms with Gasteiger partial charge < -0.3 is 15.0 Å². The first kappa shape index (κ1) is 21.1. The number of hydrogen-bond acceptors (Lipinski definition) is 5. The molecule has 1 heterocycles. The number of hydrogen-bond donors (Lipinski definition) is 3. The number of para-hydroxylation sites is 1. The summed E-state index contributed by atoms with van der Waals surface area (Å²) < 4.78 is 47.3. The molecule has 0 amide bonds. The van der Waals surface area contributed by atoms with E-state index < -0.39 is 23.0 Å². The molecule has 0 fully saturated rings. The zero-order valence-electron chi connectivity index (χ0n) is 16.3. The van der Waals surface area contributed by atoms with Crippen molar-refractivity contribution in [3.8, 4) is 5.75 Å². The van der Waals surface area contributed by atoms with Gasteiger partial charge in [-0.1, -0.05) is 18.2 Å². The van der Waals surface area contributed by atoms with E-state index in [1.165, 1.54) is 6.92 Å². The van der Waals surface area contributed by atoms with Gasteiger partial charge in [-0.25, -0.2) is 13.8 Å². The third-order valence-electron chi connectivity index (χ3n) is 4.34. The van der Waals surface area contributed by atoms with Crippen LogP contribution in [0.4, 0.5) is 18.9 Å². The molecule has 3 N–H and O–H groups in total. The number of aromatic amines is 1. The lowest BCUT2D eigenvalue weighted by Crippen LogP contribution is -2.21. The molecule has 0 spiro atoms. The van der Waals surface area contributed by atoms with Crippen LogP contribution in [0.15, 0.2) is 41.2 Å². The Morgan fingerprint density at radius 1 is 1.20 bits per heavy atom. The van der Waals surface area contributed by atoms with Crippen molar-refractivity contribution in [3.05, 3.63) is 86.8 Å². The highest BCUT2D eigenvalue weighted by molar-refractivity contribution is 6.11. The van der Waals surface area contributed by atoms with E-state index in [0.717, 1.165) is 12.1 Å². The van der Waals surface area contributed by atoms with Crippen molar-refractivity contribution in [1.82, 2.24) is 9.97 Å². The number of aryl methyl sites for hydroxylation is 1. The molecule has 0 aliphatic carbocycles. The number of H-pyrrole nitrogens is 1. The summed E-state index contributed by atoms with van der Waals surface area (Å²) in [5.41, 5.74) is -0.776. The van der Waals surface area contributed by atoms with Crippen molar-refractivity contribution in [3.63, 3.8) is 0 Å². The third kappa shape index (κ3) is 4.35. The molecule has 0 radical (unpaired) electrons. The lowest BCUT2D eigenvalue weighted by molar-refractivity contribution is 0.335. The quantitative estimate of drug-likeness (QED) is 0.509. The molecule has 156 valence electrons.